The third kappa shape index (κ3) is 7.05. The zero-order valence-corrected chi connectivity index (χ0v) is 14.5. The molecule has 0 saturated carbocycles. The topological polar surface area (TPSA) is 93.7 Å². The summed E-state index contributed by atoms with van der Waals surface area (Å²) in [6, 6.07) is -1.31. The molecule has 0 aliphatic carbocycles. The number of esters is 1. The number of halogens is 3. The molecule has 0 radical (unpaired) electrons. The highest BCUT2D eigenvalue weighted by Crippen LogP contribution is 2.33. The normalized spacial score (nSPS) is 15.7. The molecule has 140 valence electrons. The third-order valence-electron chi connectivity index (χ3n) is 2.88. The van der Waals surface area contributed by atoms with Crippen molar-refractivity contribution >= 4 is 18.0 Å². The van der Waals surface area contributed by atoms with E-state index < -0.39 is 47.7 Å². The van der Waals surface area contributed by atoms with E-state index in [0.717, 1.165) is 7.11 Å². The SMILES string of the molecule is COC(=O)C[C@@](C)(NC(=O)[C@H](C)NC(=O)OC(C)(C)C)C(F)(F)F. The van der Waals surface area contributed by atoms with Gasteiger partial charge in [-0.15, -0.1) is 0 Å². The molecule has 0 spiro atoms. The van der Waals surface area contributed by atoms with Crippen LogP contribution in [-0.2, 0) is 19.1 Å². The molecule has 0 heterocycles. The largest absolute Gasteiger partial charge is 0.469 e. The van der Waals surface area contributed by atoms with Crippen molar-refractivity contribution < 1.29 is 37.0 Å². The molecular weight excluding hydrogens is 333 g/mol. The first-order valence-electron chi connectivity index (χ1n) is 7.06. The highest BCUT2D eigenvalue weighted by atomic mass is 19.4. The highest BCUT2D eigenvalue weighted by Gasteiger charge is 2.54. The Morgan fingerprint density at radius 3 is 1.96 bits per heavy atom. The molecule has 7 nitrogen and oxygen atoms in total. The standard InChI is InChI=1S/C14H23F3N2O5/c1-8(18-11(22)24-12(2,3)4)10(21)19-13(5,14(15,16)17)7-9(20)23-6/h8H,7H2,1-6H3,(H,18,22)(H,19,21)/t8-,13+/m0/s1. The summed E-state index contributed by atoms with van der Waals surface area (Å²) in [6.07, 6.45) is -6.95. The van der Waals surface area contributed by atoms with Gasteiger partial charge in [0.2, 0.25) is 5.91 Å². The lowest BCUT2D eigenvalue weighted by molar-refractivity contribution is -0.200. The lowest BCUT2D eigenvalue weighted by atomic mass is 9.96. The van der Waals surface area contributed by atoms with E-state index in [9.17, 15) is 27.6 Å². The fourth-order valence-electron chi connectivity index (χ4n) is 1.51. The van der Waals surface area contributed by atoms with Gasteiger partial charge in [-0.1, -0.05) is 0 Å². The second-order valence-electron chi connectivity index (χ2n) is 6.44. The average molecular weight is 356 g/mol. The quantitative estimate of drug-likeness (QED) is 0.734. The van der Waals surface area contributed by atoms with E-state index in [2.05, 4.69) is 10.1 Å². The number of alkyl carbamates (subject to hydrolysis) is 1. The van der Waals surface area contributed by atoms with Crippen molar-refractivity contribution in [3.63, 3.8) is 0 Å². The van der Waals surface area contributed by atoms with Gasteiger partial charge in [-0.3, -0.25) is 9.59 Å². The Morgan fingerprint density at radius 2 is 1.58 bits per heavy atom. The van der Waals surface area contributed by atoms with Crippen LogP contribution in [0.5, 0.6) is 0 Å². The maximum absolute atomic E-state index is 13.2. The Morgan fingerprint density at radius 1 is 1.08 bits per heavy atom. The molecular formula is C14H23F3N2O5. The van der Waals surface area contributed by atoms with Gasteiger partial charge in [0.25, 0.3) is 0 Å². The van der Waals surface area contributed by atoms with Gasteiger partial charge in [-0.25, -0.2) is 4.79 Å². The van der Waals surface area contributed by atoms with Crippen LogP contribution in [0.3, 0.4) is 0 Å². The summed E-state index contributed by atoms with van der Waals surface area (Å²) >= 11 is 0. The van der Waals surface area contributed by atoms with Crippen LogP contribution in [0.15, 0.2) is 0 Å². The van der Waals surface area contributed by atoms with E-state index in [0.29, 0.717) is 6.92 Å². The van der Waals surface area contributed by atoms with Gasteiger partial charge in [0.1, 0.15) is 17.2 Å². The van der Waals surface area contributed by atoms with Gasteiger partial charge < -0.3 is 20.1 Å². The average Bonchev–Trinajstić information content (AvgIpc) is 2.34. The second kappa shape index (κ2) is 7.71. The van der Waals surface area contributed by atoms with Crippen LogP contribution < -0.4 is 10.6 Å². The summed E-state index contributed by atoms with van der Waals surface area (Å²) in [4.78, 5) is 34.7. The van der Waals surface area contributed by atoms with Crippen molar-refractivity contribution in [3.8, 4) is 0 Å². The molecule has 0 fully saturated rings. The second-order valence-corrected chi connectivity index (χ2v) is 6.44. The number of carbonyl (C=O) groups excluding carboxylic acids is 3. The number of rotatable bonds is 5. The molecule has 0 unspecified atom stereocenters. The Labute approximate surface area is 138 Å². The Balaban J connectivity index is 5.00. The lowest BCUT2D eigenvalue weighted by Crippen LogP contribution is -2.61. The first-order valence-corrected chi connectivity index (χ1v) is 7.06. The van der Waals surface area contributed by atoms with Gasteiger partial charge in [-0.05, 0) is 34.6 Å². The van der Waals surface area contributed by atoms with Crippen molar-refractivity contribution in [1.82, 2.24) is 10.6 Å². The maximum atomic E-state index is 13.2. The molecule has 24 heavy (non-hydrogen) atoms. The number of carbonyl (C=O) groups is 3. The van der Waals surface area contributed by atoms with Crippen molar-refractivity contribution in [2.75, 3.05) is 7.11 Å². The molecule has 10 heteroatoms. The maximum Gasteiger partial charge on any atom is 0.411 e. The van der Waals surface area contributed by atoms with Gasteiger partial charge in [0, 0.05) is 0 Å². The van der Waals surface area contributed by atoms with Gasteiger partial charge in [0.05, 0.1) is 13.5 Å². The van der Waals surface area contributed by atoms with E-state index in [4.69, 9.17) is 4.74 Å². The van der Waals surface area contributed by atoms with Gasteiger partial charge >= 0.3 is 18.2 Å². The zero-order valence-electron chi connectivity index (χ0n) is 14.5. The Bertz CT molecular complexity index is 488. The molecule has 2 amide bonds. The summed E-state index contributed by atoms with van der Waals surface area (Å²) < 4.78 is 48.7. The summed E-state index contributed by atoms with van der Waals surface area (Å²) in [5.74, 6) is -2.26. The zero-order chi connectivity index (χ0) is 19.3. The fraction of sp³-hybridized carbons (Fsp3) is 0.786. The van der Waals surface area contributed by atoms with E-state index in [1.54, 1.807) is 26.1 Å². The first-order chi connectivity index (χ1) is 10.6. The number of alkyl halides is 3. The van der Waals surface area contributed by atoms with Crippen molar-refractivity contribution in [1.29, 1.82) is 0 Å². The van der Waals surface area contributed by atoms with Crippen molar-refractivity contribution in [2.45, 2.75) is 64.4 Å². The highest BCUT2D eigenvalue weighted by molar-refractivity contribution is 5.86. The van der Waals surface area contributed by atoms with E-state index in [-0.39, 0.29) is 0 Å². The van der Waals surface area contributed by atoms with Gasteiger partial charge in [0.15, 0.2) is 0 Å². The van der Waals surface area contributed by atoms with Crippen LogP contribution in [0.2, 0.25) is 0 Å². The number of amides is 2. The van der Waals surface area contributed by atoms with Crippen LogP contribution in [-0.4, -0.2) is 48.4 Å². The molecule has 0 saturated heterocycles. The van der Waals surface area contributed by atoms with Gasteiger partial charge in [-0.2, -0.15) is 13.2 Å². The molecule has 0 rings (SSSR count). The molecule has 0 bridgehead atoms. The van der Waals surface area contributed by atoms with E-state index >= 15 is 0 Å². The predicted molar refractivity (Wildman–Crippen MR) is 78.1 cm³/mol. The number of nitrogens with one attached hydrogen (secondary N) is 2. The molecule has 0 aromatic rings. The molecule has 2 N–H and O–H groups in total. The molecule has 2 atom stereocenters. The van der Waals surface area contributed by atoms with Crippen LogP contribution in [0.4, 0.5) is 18.0 Å². The first kappa shape index (κ1) is 22.0. The Kier molecular flexibility index (Phi) is 7.07. The number of hydrogen-bond acceptors (Lipinski definition) is 5. The molecule has 0 aromatic heterocycles. The smallest absolute Gasteiger partial charge is 0.411 e. The summed E-state index contributed by atoms with van der Waals surface area (Å²) in [5.41, 5.74) is -3.66. The summed E-state index contributed by atoms with van der Waals surface area (Å²) in [6.45, 7) is 6.62. The summed E-state index contributed by atoms with van der Waals surface area (Å²) in [7, 11) is 0.938. The fourth-order valence-corrected chi connectivity index (χ4v) is 1.51. The minimum absolute atomic E-state index is 0.655. The monoisotopic (exact) mass is 356 g/mol. The summed E-state index contributed by atoms with van der Waals surface area (Å²) in [5, 5.41) is 3.85. The molecule has 0 aliphatic heterocycles. The van der Waals surface area contributed by atoms with Crippen LogP contribution >= 0.6 is 0 Å². The van der Waals surface area contributed by atoms with Crippen molar-refractivity contribution in [2.24, 2.45) is 0 Å². The van der Waals surface area contributed by atoms with E-state index in [1.807, 2.05) is 0 Å². The Hall–Kier alpha value is -2.00. The van der Waals surface area contributed by atoms with Crippen molar-refractivity contribution in [3.05, 3.63) is 0 Å². The van der Waals surface area contributed by atoms with Crippen LogP contribution in [0, 0.1) is 0 Å². The molecule has 0 aromatic carbocycles. The predicted octanol–water partition coefficient (Wildman–Crippen LogP) is 1.90. The third-order valence-corrected chi connectivity index (χ3v) is 2.88. The molecule has 0 aliphatic rings. The van der Waals surface area contributed by atoms with E-state index in [1.165, 1.54) is 6.92 Å². The minimum Gasteiger partial charge on any atom is -0.469 e. The number of ether oxygens (including phenoxy) is 2. The van der Waals surface area contributed by atoms with Crippen LogP contribution in [0.1, 0.15) is 41.0 Å². The lowest BCUT2D eigenvalue weighted by Gasteiger charge is -2.33. The van der Waals surface area contributed by atoms with Crippen LogP contribution in [0.25, 0.3) is 0 Å². The minimum atomic E-state index is -4.90. The number of hydrogen-bond donors (Lipinski definition) is 2. The number of methoxy groups -OCH3 is 1.